The molecule has 3 rings (SSSR count). The van der Waals surface area contributed by atoms with Gasteiger partial charge in [0.25, 0.3) is 0 Å². The van der Waals surface area contributed by atoms with Gasteiger partial charge in [-0.15, -0.1) is 11.3 Å². The lowest BCUT2D eigenvalue weighted by Crippen LogP contribution is -2.37. The fraction of sp³-hybridized carbons (Fsp3) is 0.500. The van der Waals surface area contributed by atoms with Gasteiger partial charge < -0.3 is 15.3 Å². The van der Waals surface area contributed by atoms with Crippen LogP contribution in [0.5, 0.6) is 0 Å². The van der Waals surface area contributed by atoms with Crippen molar-refractivity contribution in [2.45, 2.75) is 45.4 Å². The Morgan fingerprint density at radius 1 is 1.42 bits per heavy atom. The van der Waals surface area contributed by atoms with Crippen molar-refractivity contribution in [2.75, 3.05) is 18.0 Å². The molecule has 24 heavy (non-hydrogen) atoms. The minimum Gasteiger partial charge on any atom is -0.393 e. The highest BCUT2D eigenvalue weighted by Gasteiger charge is 2.21. The van der Waals surface area contributed by atoms with E-state index >= 15 is 0 Å². The van der Waals surface area contributed by atoms with Gasteiger partial charge in [0, 0.05) is 42.4 Å². The topological polar surface area (TPSA) is 48.4 Å². The van der Waals surface area contributed by atoms with Crippen molar-refractivity contribution in [1.82, 2.24) is 10.3 Å². The minimum atomic E-state index is -0.215. The van der Waals surface area contributed by atoms with E-state index in [1.54, 1.807) is 17.4 Å². The highest BCUT2D eigenvalue weighted by Crippen LogP contribution is 2.30. The van der Waals surface area contributed by atoms with Gasteiger partial charge in [-0.2, -0.15) is 0 Å². The van der Waals surface area contributed by atoms with Gasteiger partial charge in [0.2, 0.25) is 0 Å². The summed E-state index contributed by atoms with van der Waals surface area (Å²) < 4.78 is 13.8. The molecular formula is C18H24FN3OS. The maximum absolute atomic E-state index is 13.8. The Kier molecular flexibility index (Phi) is 5.48. The molecule has 6 heteroatoms. The monoisotopic (exact) mass is 349 g/mol. The van der Waals surface area contributed by atoms with Crippen LogP contribution in [-0.4, -0.2) is 29.3 Å². The molecule has 0 bridgehead atoms. The summed E-state index contributed by atoms with van der Waals surface area (Å²) in [5.41, 5.74) is 2.02. The Balaban J connectivity index is 1.74. The summed E-state index contributed by atoms with van der Waals surface area (Å²) >= 11 is 1.67. The number of aliphatic hydroxyl groups is 1. The number of aryl methyl sites for hydroxylation is 1. The Bertz CT molecular complexity index is 683. The van der Waals surface area contributed by atoms with Gasteiger partial charge in [-0.1, -0.05) is 0 Å². The molecule has 1 unspecified atom stereocenters. The van der Waals surface area contributed by atoms with E-state index < -0.39 is 0 Å². The normalized spacial score (nSPS) is 17.2. The maximum atomic E-state index is 13.8. The van der Waals surface area contributed by atoms with Gasteiger partial charge in [0.15, 0.2) is 0 Å². The van der Waals surface area contributed by atoms with Crippen LogP contribution in [0.2, 0.25) is 0 Å². The summed E-state index contributed by atoms with van der Waals surface area (Å²) in [6.45, 7) is 6.39. The zero-order chi connectivity index (χ0) is 17.1. The number of aromatic nitrogens is 1. The van der Waals surface area contributed by atoms with E-state index in [0.29, 0.717) is 0 Å². The van der Waals surface area contributed by atoms with Crippen molar-refractivity contribution in [3.05, 3.63) is 45.7 Å². The van der Waals surface area contributed by atoms with Crippen molar-refractivity contribution in [1.29, 1.82) is 0 Å². The summed E-state index contributed by atoms with van der Waals surface area (Å²) in [7, 11) is 0. The zero-order valence-electron chi connectivity index (χ0n) is 14.1. The van der Waals surface area contributed by atoms with E-state index in [-0.39, 0.29) is 18.0 Å². The molecule has 1 aromatic carbocycles. The third kappa shape index (κ3) is 4.12. The summed E-state index contributed by atoms with van der Waals surface area (Å²) in [5, 5.41) is 14.2. The molecule has 1 fully saturated rings. The number of thiazole rings is 1. The minimum absolute atomic E-state index is 0.0324. The number of rotatable bonds is 5. The summed E-state index contributed by atoms with van der Waals surface area (Å²) in [5.74, 6) is -0.215. The molecule has 2 aromatic rings. The second kappa shape index (κ2) is 7.59. The number of anilines is 1. The van der Waals surface area contributed by atoms with Gasteiger partial charge in [0.05, 0.1) is 11.1 Å². The third-order valence-corrected chi connectivity index (χ3v) is 5.43. The molecule has 0 amide bonds. The molecule has 2 N–H and O–H groups in total. The van der Waals surface area contributed by atoms with Crippen LogP contribution in [0, 0.1) is 12.7 Å². The summed E-state index contributed by atoms with van der Waals surface area (Å²) in [6, 6.07) is 5.03. The second-order valence-corrected chi connectivity index (χ2v) is 7.69. The van der Waals surface area contributed by atoms with Crippen LogP contribution < -0.4 is 10.2 Å². The number of piperidine rings is 1. The molecular weight excluding hydrogens is 325 g/mol. The molecule has 2 heterocycles. The molecule has 1 aliphatic heterocycles. The van der Waals surface area contributed by atoms with Gasteiger partial charge in [-0.05, 0) is 50.5 Å². The smallest absolute Gasteiger partial charge is 0.123 e. The summed E-state index contributed by atoms with van der Waals surface area (Å²) in [6.07, 6.45) is 3.20. The van der Waals surface area contributed by atoms with E-state index in [2.05, 4.69) is 22.1 Å². The number of halogens is 1. The third-order valence-electron chi connectivity index (χ3n) is 4.51. The Labute approximate surface area is 146 Å². The van der Waals surface area contributed by atoms with Crippen LogP contribution in [0.4, 0.5) is 10.1 Å². The fourth-order valence-corrected chi connectivity index (χ4v) is 3.86. The molecule has 0 spiro atoms. The predicted molar refractivity (Wildman–Crippen MR) is 96.0 cm³/mol. The SMILES string of the molecule is Cc1ncc(CNC(C)c2cc(F)ccc2N2CCC(O)CC2)s1. The maximum Gasteiger partial charge on any atom is 0.123 e. The Morgan fingerprint density at radius 2 is 2.17 bits per heavy atom. The molecule has 0 radical (unpaired) electrons. The van der Waals surface area contributed by atoms with Crippen LogP contribution in [0.1, 0.15) is 41.3 Å². The Hall–Kier alpha value is -1.50. The first kappa shape index (κ1) is 17.3. The molecule has 0 aliphatic carbocycles. The molecule has 0 saturated carbocycles. The van der Waals surface area contributed by atoms with Crippen LogP contribution in [0.15, 0.2) is 24.4 Å². The first-order valence-electron chi connectivity index (χ1n) is 8.40. The van der Waals surface area contributed by atoms with Crippen LogP contribution in [-0.2, 0) is 6.54 Å². The molecule has 1 saturated heterocycles. The largest absolute Gasteiger partial charge is 0.393 e. The van der Waals surface area contributed by atoms with Crippen LogP contribution in [0.25, 0.3) is 0 Å². The second-order valence-electron chi connectivity index (χ2n) is 6.37. The van der Waals surface area contributed by atoms with E-state index in [0.717, 1.165) is 48.7 Å². The average Bonchev–Trinajstić information content (AvgIpc) is 2.99. The lowest BCUT2D eigenvalue weighted by Gasteiger charge is -2.34. The molecule has 4 nitrogen and oxygen atoms in total. The highest BCUT2D eigenvalue weighted by atomic mass is 32.1. The molecule has 1 aromatic heterocycles. The highest BCUT2D eigenvalue weighted by molar-refractivity contribution is 7.11. The van der Waals surface area contributed by atoms with Crippen molar-refractivity contribution in [2.24, 2.45) is 0 Å². The number of hydrogen-bond acceptors (Lipinski definition) is 5. The van der Waals surface area contributed by atoms with Crippen LogP contribution in [0.3, 0.4) is 0 Å². The zero-order valence-corrected chi connectivity index (χ0v) is 14.9. The average molecular weight is 349 g/mol. The van der Waals surface area contributed by atoms with Crippen molar-refractivity contribution >= 4 is 17.0 Å². The first-order chi connectivity index (χ1) is 11.5. The first-order valence-corrected chi connectivity index (χ1v) is 9.21. The lowest BCUT2D eigenvalue weighted by atomic mass is 10.0. The molecule has 130 valence electrons. The van der Waals surface area contributed by atoms with E-state index in [1.807, 2.05) is 19.2 Å². The number of aliphatic hydroxyl groups excluding tert-OH is 1. The summed E-state index contributed by atoms with van der Waals surface area (Å²) in [4.78, 5) is 7.69. The molecule has 1 aliphatic rings. The number of hydrogen-bond donors (Lipinski definition) is 2. The van der Waals surface area contributed by atoms with Gasteiger partial charge in [-0.3, -0.25) is 0 Å². The van der Waals surface area contributed by atoms with E-state index in [4.69, 9.17) is 0 Å². The number of nitrogens with one attached hydrogen (secondary N) is 1. The fourth-order valence-electron chi connectivity index (χ4n) is 3.12. The molecule has 1 atom stereocenters. The number of nitrogens with zero attached hydrogens (tertiary/aromatic N) is 2. The van der Waals surface area contributed by atoms with E-state index in [1.165, 1.54) is 10.9 Å². The van der Waals surface area contributed by atoms with Gasteiger partial charge in [0.1, 0.15) is 5.82 Å². The Morgan fingerprint density at radius 3 is 2.83 bits per heavy atom. The van der Waals surface area contributed by atoms with Crippen molar-refractivity contribution in [3.63, 3.8) is 0 Å². The predicted octanol–water partition coefficient (Wildman–Crippen LogP) is 3.40. The van der Waals surface area contributed by atoms with Crippen molar-refractivity contribution < 1.29 is 9.50 Å². The van der Waals surface area contributed by atoms with Gasteiger partial charge in [-0.25, -0.2) is 9.37 Å². The number of benzene rings is 1. The van der Waals surface area contributed by atoms with Gasteiger partial charge >= 0.3 is 0 Å². The van der Waals surface area contributed by atoms with Crippen LogP contribution >= 0.6 is 11.3 Å². The lowest BCUT2D eigenvalue weighted by molar-refractivity contribution is 0.145. The standard InChI is InChI=1S/C18H24FN3OS/c1-12(20-10-16-11-21-13(2)24-16)17-9-14(19)3-4-18(17)22-7-5-15(23)6-8-22/h3-4,9,11-12,15,20,23H,5-8,10H2,1-2H3. The quantitative estimate of drug-likeness (QED) is 0.869. The van der Waals surface area contributed by atoms with E-state index in [9.17, 15) is 9.50 Å². The van der Waals surface area contributed by atoms with Crippen molar-refractivity contribution in [3.8, 4) is 0 Å².